The van der Waals surface area contributed by atoms with Crippen molar-refractivity contribution in [1.29, 1.82) is 0 Å². The highest BCUT2D eigenvalue weighted by atomic mass is 15.2. The molecule has 1 atom stereocenters. The first kappa shape index (κ1) is 9.77. The van der Waals surface area contributed by atoms with Crippen molar-refractivity contribution in [2.24, 2.45) is 0 Å². The van der Waals surface area contributed by atoms with Crippen LogP contribution in [0.25, 0.3) is 11.3 Å². The van der Waals surface area contributed by atoms with E-state index in [2.05, 4.69) is 70.5 Å². The number of rotatable bonds is 1. The first-order valence-electron chi connectivity index (χ1n) is 6.31. The molecule has 18 heavy (non-hydrogen) atoms. The number of nitrogens with one attached hydrogen (secondary N) is 1. The number of anilines is 1. The predicted molar refractivity (Wildman–Crippen MR) is 73.9 cm³/mol. The monoisotopic (exact) mass is 234 g/mol. The van der Waals surface area contributed by atoms with Crippen molar-refractivity contribution in [1.82, 2.24) is 4.57 Å². The smallest absolute Gasteiger partial charge is 0.106 e. The van der Waals surface area contributed by atoms with E-state index < -0.39 is 0 Å². The van der Waals surface area contributed by atoms with E-state index >= 15 is 0 Å². The van der Waals surface area contributed by atoms with Crippen LogP contribution >= 0.6 is 0 Å². The molecule has 3 aliphatic rings. The number of aromatic nitrogens is 1. The van der Waals surface area contributed by atoms with Crippen molar-refractivity contribution in [2.75, 3.05) is 5.32 Å². The minimum absolute atomic E-state index is 0.381. The molecule has 2 heteroatoms. The van der Waals surface area contributed by atoms with Crippen molar-refractivity contribution >= 4 is 5.82 Å². The fourth-order valence-corrected chi connectivity index (χ4v) is 2.80. The fourth-order valence-electron chi connectivity index (χ4n) is 2.80. The Morgan fingerprint density at radius 2 is 1.78 bits per heavy atom. The SMILES string of the molecule is c1ccc([C@H]2Cn3c(ccc4cccc3-4)N2)cc1. The third-order valence-corrected chi connectivity index (χ3v) is 3.72. The van der Waals surface area contributed by atoms with Gasteiger partial charge in [-0.1, -0.05) is 42.5 Å². The van der Waals surface area contributed by atoms with Crippen molar-refractivity contribution in [3.63, 3.8) is 0 Å². The summed E-state index contributed by atoms with van der Waals surface area (Å²) in [5.41, 5.74) is 3.98. The van der Waals surface area contributed by atoms with E-state index in [1.54, 1.807) is 0 Å². The van der Waals surface area contributed by atoms with Gasteiger partial charge in [-0.25, -0.2) is 0 Å². The maximum atomic E-state index is 3.60. The summed E-state index contributed by atoms with van der Waals surface area (Å²) in [5, 5.41) is 3.60. The molecule has 88 valence electrons. The molecule has 0 radical (unpaired) electrons. The van der Waals surface area contributed by atoms with Gasteiger partial charge < -0.3 is 9.88 Å². The van der Waals surface area contributed by atoms with Gasteiger partial charge in [0, 0.05) is 12.2 Å². The molecule has 0 saturated heterocycles. The highest BCUT2D eigenvalue weighted by molar-refractivity contribution is 5.67. The molecule has 0 unspecified atom stereocenters. The molecule has 0 fully saturated rings. The van der Waals surface area contributed by atoms with E-state index in [9.17, 15) is 0 Å². The molecule has 0 spiro atoms. The Hall–Kier alpha value is -2.22. The van der Waals surface area contributed by atoms with Crippen LogP contribution in [0.3, 0.4) is 0 Å². The summed E-state index contributed by atoms with van der Waals surface area (Å²) in [4.78, 5) is 0. The second kappa shape index (κ2) is 3.64. The lowest BCUT2D eigenvalue weighted by Gasteiger charge is -2.10. The Morgan fingerprint density at radius 3 is 2.67 bits per heavy atom. The fraction of sp³-hybridized carbons (Fsp3) is 0.125. The van der Waals surface area contributed by atoms with Crippen LogP contribution in [0.1, 0.15) is 11.6 Å². The van der Waals surface area contributed by atoms with Crippen LogP contribution in [0.4, 0.5) is 5.82 Å². The van der Waals surface area contributed by atoms with Crippen molar-refractivity contribution in [3.05, 3.63) is 66.2 Å². The van der Waals surface area contributed by atoms with Crippen molar-refractivity contribution in [3.8, 4) is 11.3 Å². The van der Waals surface area contributed by atoms with Gasteiger partial charge in [0.1, 0.15) is 5.82 Å². The highest BCUT2D eigenvalue weighted by Crippen LogP contribution is 2.35. The summed E-state index contributed by atoms with van der Waals surface area (Å²) >= 11 is 0. The van der Waals surface area contributed by atoms with Gasteiger partial charge in [-0.2, -0.15) is 0 Å². The minimum Gasteiger partial charge on any atom is -0.363 e. The van der Waals surface area contributed by atoms with E-state index in [0.29, 0.717) is 6.04 Å². The minimum atomic E-state index is 0.381. The molecule has 1 aliphatic carbocycles. The molecule has 0 amide bonds. The summed E-state index contributed by atoms with van der Waals surface area (Å²) < 4.78 is 2.37. The van der Waals surface area contributed by atoms with Crippen molar-refractivity contribution in [2.45, 2.75) is 12.6 Å². The molecular weight excluding hydrogens is 220 g/mol. The lowest BCUT2D eigenvalue weighted by Crippen LogP contribution is -2.06. The van der Waals surface area contributed by atoms with E-state index in [-0.39, 0.29) is 0 Å². The second-order valence-corrected chi connectivity index (χ2v) is 4.80. The maximum Gasteiger partial charge on any atom is 0.106 e. The third-order valence-electron chi connectivity index (χ3n) is 3.72. The Balaban J connectivity index is 1.76. The highest BCUT2D eigenvalue weighted by Gasteiger charge is 2.23. The van der Waals surface area contributed by atoms with Gasteiger partial charge in [0.15, 0.2) is 0 Å². The Labute approximate surface area is 106 Å². The zero-order valence-corrected chi connectivity index (χ0v) is 10.0. The van der Waals surface area contributed by atoms with E-state index in [4.69, 9.17) is 0 Å². The van der Waals surface area contributed by atoms with Crippen LogP contribution in [0.2, 0.25) is 0 Å². The molecular formula is C16H14N2. The summed E-state index contributed by atoms with van der Waals surface area (Å²) in [7, 11) is 0. The standard InChI is InChI=1S/C16H14N2/c1-2-5-12(6-3-1)14-11-18-15-8-4-7-13(15)9-10-16(18)17-14/h1-10,14,17H,11H2/t14-/m1/s1. The van der Waals surface area contributed by atoms with Crippen LogP contribution in [0, 0.1) is 0 Å². The van der Waals surface area contributed by atoms with E-state index in [1.165, 1.54) is 22.6 Å². The molecule has 2 nitrogen and oxygen atoms in total. The molecule has 0 aromatic heterocycles. The van der Waals surface area contributed by atoms with Crippen LogP contribution in [-0.4, -0.2) is 4.57 Å². The van der Waals surface area contributed by atoms with Gasteiger partial charge in [-0.15, -0.1) is 0 Å². The first-order chi connectivity index (χ1) is 8.92. The number of hydrogen-bond donors (Lipinski definition) is 1. The van der Waals surface area contributed by atoms with Gasteiger partial charge in [0.25, 0.3) is 0 Å². The quantitative estimate of drug-likeness (QED) is 0.678. The maximum absolute atomic E-state index is 3.60. The Kier molecular flexibility index (Phi) is 1.97. The Morgan fingerprint density at radius 1 is 0.889 bits per heavy atom. The zero-order chi connectivity index (χ0) is 11.9. The third kappa shape index (κ3) is 1.35. The Bertz CT molecular complexity index is 654. The molecule has 1 N–H and O–H groups in total. The molecule has 1 aromatic rings. The van der Waals surface area contributed by atoms with Gasteiger partial charge in [0.2, 0.25) is 0 Å². The van der Waals surface area contributed by atoms with E-state index in [1.807, 2.05) is 0 Å². The average molecular weight is 234 g/mol. The number of fused-ring (bicyclic) bond motifs is 3. The van der Waals surface area contributed by atoms with Crippen LogP contribution in [0.5, 0.6) is 0 Å². The average Bonchev–Trinajstić information content (AvgIpc) is 3.05. The number of hydrogen-bond acceptors (Lipinski definition) is 1. The number of pyridine rings is 1. The lowest BCUT2D eigenvalue weighted by atomic mass is 10.1. The topological polar surface area (TPSA) is 17.0 Å². The molecule has 1 aromatic carbocycles. The van der Waals surface area contributed by atoms with Crippen LogP contribution < -0.4 is 5.32 Å². The summed E-state index contributed by atoms with van der Waals surface area (Å²) in [6.45, 7) is 1.00. The van der Waals surface area contributed by atoms with Crippen LogP contribution in [0.15, 0.2) is 60.7 Å². The number of nitrogens with zero attached hydrogens (tertiary/aromatic N) is 1. The first-order valence-corrected chi connectivity index (χ1v) is 6.31. The van der Waals surface area contributed by atoms with Gasteiger partial charge >= 0.3 is 0 Å². The molecule has 0 saturated carbocycles. The summed E-state index contributed by atoms with van der Waals surface area (Å²) in [6, 6.07) is 21.8. The largest absolute Gasteiger partial charge is 0.363 e. The predicted octanol–water partition coefficient (Wildman–Crippen LogP) is 3.76. The van der Waals surface area contributed by atoms with E-state index in [0.717, 1.165) is 6.54 Å². The van der Waals surface area contributed by atoms with Gasteiger partial charge in [-0.05, 0) is 29.3 Å². The van der Waals surface area contributed by atoms with Crippen molar-refractivity contribution < 1.29 is 0 Å². The van der Waals surface area contributed by atoms with Gasteiger partial charge in [0.05, 0.1) is 6.04 Å². The van der Waals surface area contributed by atoms with Gasteiger partial charge in [-0.3, -0.25) is 0 Å². The second-order valence-electron chi connectivity index (χ2n) is 4.80. The summed E-state index contributed by atoms with van der Waals surface area (Å²) in [5.74, 6) is 1.21. The number of benzene rings is 1. The molecule has 2 aliphatic heterocycles. The summed E-state index contributed by atoms with van der Waals surface area (Å²) in [6.07, 6.45) is 0. The lowest BCUT2D eigenvalue weighted by molar-refractivity contribution is 0.687. The molecule has 4 rings (SSSR count). The zero-order valence-electron chi connectivity index (χ0n) is 10.0. The normalized spacial score (nSPS) is 17.7. The van der Waals surface area contributed by atoms with Crippen LogP contribution in [-0.2, 0) is 6.54 Å². The molecule has 0 bridgehead atoms. The molecule has 2 heterocycles.